The topological polar surface area (TPSA) is 85.0 Å². The fraction of sp³-hybridized carbons (Fsp3) is 0.238. The number of benzene rings is 2. The molecule has 0 radical (unpaired) electrons. The molecule has 0 amide bonds. The molecule has 3 aromatic rings. The van der Waals surface area contributed by atoms with E-state index in [0.717, 1.165) is 28.9 Å². The summed E-state index contributed by atoms with van der Waals surface area (Å²) in [6, 6.07) is 15.6. The zero-order valence-electron chi connectivity index (χ0n) is 15.8. The minimum Gasteiger partial charge on any atom is -0.497 e. The van der Waals surface area contributed by atoms with Crippen molar-refractivity contribution >= 4 is 5.97 Å². The van der Waals surface area contributed by atoms with Gasteiger partial charge in [-0.1, -0.05) is 30.3 Å². The van der Waals surface area contributed by atoms with Gasteiger partial charge in [0.05, 0.1) is 20.8 Å². The number of aromatic carboxylic acids is 1. The molecule has 146 valence electrons. The van der Waals surface area contributed by atoms with E-state index in [4.69, 9.17) is 19.0 Å². The maximum atomic E-state index is 11.1. The molecule has 7 heteroatoms. The lowest BCUT2D eigenvalue weighted by Gasteiger charge is -2.22. The first kappa shape index (κ1) is 19.4. The molecule has 0 fully saturated rings. The average molecular weight is 382 g/mol. The van der Waals surface area contributed by atoms with Gasteiger partial charge in [0.2, 0.25) is 5.89 Å². The lowest BCUT2D eigenvalue weighted by Crippen LogP contribution is -2.23. The maximum absolute atomic E-state index is 11.1. The van der Waals surface area contributed by atoms with Crippen LogP contribution in [0.15, 0.2) is 59.2 Å². The maximum Gasteiger partial charge on any atom is 0.357 e. The fourth-order valence-corrected chi connectivity index (χ4v) is 2.93. The monoisotopic (exact) mass is 382 g/mol. The Kier molecular flexibility index (Phi) is 6.29. The number of ether oxygens (including phenoxy) is 2. The summed E-state index contributed by atoms with van der Waals surface area (Å²) in [4.78, 5) is 17.2. The molecule has 0 unspecified atom stereocenters. The first-order valence-corrected chi connectivity index (χ1v) is 8.74. The van der Waals surface area contributed by atoms with Crippen molar-refractivity contribution in [3.8, 4) is 11.5 Å². The number of aromatic nitrogens is 1. The highest BCUT2D eigenvalue weighted by molar-refractivity contribution is 5.84. The van der Waals surface area contributed by atoms with Gasteiger partial charge in [-0.05, 0) is 23.8 Å². The molecule has 1 heterocycles. The molecular formula is C21H22N2O5. The minimum atomic E-state index is -1.11. The van der Waals surface area contributed by atoms with Gasteiger partial charge in [0.25, 0.3) is 0 Å². The summed E-state index contributed by atoms with van der Waals surface area (Å²) in [6.45, 7) is 1.52. The number of oxazole rings is 1. The second-order valence-corrected chi connectivity index (χ2v) is 6.24. The average Bonchev–Trinajstić information content (AvgIpc) is 3.17. The lowest BCUT2D eigenvalue weighted by molar-refractivity contribution is 0.0690. The first-order chi connectivity index (χ1) is 13.6. The smallest absolute Gasteiger partial charge is 0.357 e. The predicted molar refractivity (Wildman–Crippen MR) is 102 cm³/mol. The van der Waals surface area contributed by atoms with Crippen LogP contribution in [0.5, 0.6) is 11.5 Å². The summed E-state index contributed by atoms with van der Waals surface area (Å²) in [5.74, 6) is 0.714. The minimum absolute atomic E-state index is 0.103. The molecule has 0 bridgehead atoms. The van der Waals surface area contributed by atoms with Crippen LogP contribution in [-0.4, -0.2) is 35.2 Å². The number of nitrogens with zero attached hydrogens (tertiary/aromatic N) is 2. The zero-order chi connectivity index (χ0) is 19.9. The van der Waals surface area contributed by atoms with E-state index >= 15 is 0 Å². The Hall–Kier alpha value is -3.32. The molecule has 7 nitrogen and oxygen atoms in total. The molecule has 0 aliphatic heterocycles. The Morgan fingerprint density at radius 3 is 2.50 bits per heavy atom. The molecule has 0 atom stereocenters. The van der Waals surface area contributed by atoms with Crippen LogP contribution in [-0.2, 0) is 19.6 Å². The van der Waals surface area contributed by atoms with Crippen molar-refractivity contribution in [3.05, 3.63) is 77.5 Å². The molecule has 0 spiro atoms. The van der Waals surface area contributed by atoms with Crippen LogP contribution < -0.4 is 9.47 Å². The van der Waals surface area contributed by atoms with E-state index in [0.29, 0.717) is 25.5 Å². The number of hydrogen-bond acceptors (Lipinski definition) is 6. The van der Waals surface area contributed by atoms with E-state index in [-0.39, 0.29) is 5.69 Å². The van der Waals surface area contributed by atoms with E-state index in [9.17, 15) is 4.79 Å². The lowest BCUT2D eigenvalue weighted by atomic mass is 10.1. The summed E-state index contributed by atoms with van der Waals surface area (Å²) in [7, 11) is 3.24. The van der Waals surface area contributed by atoms with E-state index < -0.39 is 5.97 Å². The number of hydrogen-bond donors (Lipinski definition) is 1. The highest BCUT2D eigenvalue weighted by atomic mass is 16.5. The highest BCUT2D eigenvalue weighted by Gasteiger charge is 2.17. The van der Waals surface area contributed by atoms with Gasteiger partial charge in [0.1, 0.15) is 17.8 Å². The normalized spacial score (nSPS) is 10.8. The Bertz CT molecular complexity index is 924. The van der Waals surface area contributed by atoms with Crippen molar-refractivity contribution in [2.45, 2.75) is 19.6 Å². The number of carboxylic acids is 1. The van der Waals surface area contributed by atoms with E-state index in [1.807, 2.05) is 48.5 Å². The van der Waals surface area contributed by atoms with Crippen LogP contribution in [0.1, 0.15) is 27.5 Å². The van der Waals surface area contributed by atoms with Crippen LogP contribution >= 0.6 is 0 Å². The molecule has 1 aromatic heterocycles. The van der Waals surface area contributed by atoms with Gasteiger partial charge in [0, 0.05) is 18.7 Å². The standard InChI is InChI=1S/C21H22N2O5/c1-26-17-8-9-19(27-2)16(10-17)12-23(11-15-6-4-3-5-7-15)13-20-22-18(14-28-20)21(24)25/h3-10,14H,11-13H2,1-2H3,(H,24,25). The van der Waals surface area contributed by atoms with Gasteiger partial charge in [-0.15, -0.1) is 0 Å². The van der Waals surface area contributed by atoms with E-state index in [1.165, 1.54) is 0 Å². The number of methoxy groups -OCH3 is 2. The summed E-state index contributed by atoms with van der Waals surface area (Å²) in [5, 5.41) is 9.06. The largest absolute Gasteiger partial charge is 0.497 e. The van der Waals surface area contributed by atoms with Crippen molar-refractivity contribution in [1.82, 2.24) is 9.88 Å². The van der Waals surface area contributed by atoms with Gasteiger partial charge < -0.3 is 19.0 Å². The Labute approximate surface area is 163 Å². The van der Waals surface area contributed by atoms with Crippen molar-refractivity contribution < 1.29 is 23.8 Å². The summed E-state index contributed by atoms with van der Waals surface area (Å²) in [6.07, 6.45) is 1.16. The quantitative estimate of drug-likeness (QED) is 0.605. The third kappa shape index (κ3) is 4.89. The molecule has 2 aromatic carbocycles. The third-order valence-corrected chi connectivity index (χ3v) is 4.26. The number of rotatable bonds is 9. The fourth-order valence-electron chi connectivity index (χ4n) is 2.93. The van der Waals surface area contributed by atoms with Crippen molar-refractivity contribution in [2.24, 2.45) is 0 Å². The van der Waals surface area contributed by atoms with Crippen LogP contribution in [0.2, 0.25) is 0 Å². The highest BCUT2D eigenvalue weighted by Crippen LogP contribution is 2.26. The van der Waals surface area contributed by atoms with Gasteiger partial charge in [-0.2, -0.15) is 0 Å². The van der Waals surface area contributed by atoms with Crippen LogP contribution in [0.3, 0.4) is 0 Å². The third-order valence-electron chi connectivity index (χ3n) is 4.26. The second-order valence-electron chi connectivity index (χ2n) is 6.24. The molecule has 0 saturated heterocycles. The second kappa shape index (κ2) is 9.05. The summed E-state index contributed by atoms with van der Waals surface area (Å²) >= 11 is 0. The summed E-state index contributed by atoms with van der Waals surface area (Å²) < 4.78 is 16.2. The van der Waals surface area contributed by atoms with Crippen molar-refractivity contribution in [2.75, 3.05) is 14.2 Å². The molecule has 0 saturated carbocycles. The van der Waals surface area contributed by atoms with E-state index in [1.54, 1.807) is 14.2 Å². The molecule has 0 aliphatic carbocycles. The summed E-state index contributed by atoms with van der Waals surface area (Å²) in [5.41, 5.74) is 1.96. The van der Waals surface area contributed by atoms with E-state index in [2.05, 4.69) is 9.88 Å². The Morgan fingerprint density at radius 2 is 1.86 bits per heavy atom. The van der Waals surface area contributed by atoms with Crippen LogP contribution in [0.25, 0.3) is 0 Å². The SMILES string of the molecule is COc1ccc(OC)c(CN(Cc2ccccc2)Cc2nc(C(=O)O)co2)c1. The van der Waals surface area contributed by atoms with Gasteiger partial charge >= 0.3 is 5.97 Å². The predicted octanol–water partition coefficient (Wildman–Crippen LogP) is 3.59. The Morgan fingerprint density at radius 1 is 1.07 bits per heavy atom. The van der Waals surface area contributed by atoms with Crippen LogP contribution in [0.4, 0.5) is 0 Å². The molecule has 3 rings (SSSR count). The molecule has 0 aliphatic rings. The number of carboxylic acid groups (broad SMARTS) is 1. The molecule has 28 heavy (non-hydrogen) atoms. The van der Waals surface area contributed by atoms with Crippen molar-refractivity contribution in [3.63, 3.8) is 0 Å². The molecular weight excluding hydrogens is 360 g/mol. The van der Waals surface area contributed by atoms with Gasteiger partial charge in [-0.3, -0.25) is 4.90 Å². The number of carbonyl (C=O) groups is 1. The van der Waals surface area contributed by atoms with Gasteiger partial charge in [-0.25, -0.2) is 9.78 Å². The molecule has 1 N–H and O–H groups in total. The zero-order valence-corrected chi connectivity index (χ0v) is 15.8. The van der Waals surface area contributed by atoms with Crippen LogP contribution in [0, 0.1) is 0 Å². The van der Waals surface area contributed by atoms with Gasteiger partial charge in [0.15, 0.2) is 5.69 Å². The Balaban J connectivity index is 1.86. The van der Waals surface area contributed by atoms with Crippen molar-refractivity contribution in [1.29, 1.82) is 0 Å². The first-order valence-electron chi connectivity index (χ1n) is 8.74.